The molecule has 1 amide bonds. The number of fused-ring (bicyclic) bond motifs is 1. The molecule has 0 aliphatic heterocycles. The van der Waals surface area contributed by atoms with Gasteiger partial charge in [0, 0.05) is 24.7 Å². The summed E-state index contributed by atoms with van der Waals surface area (Å²) in [4.78, 5) is 51.7. The van der Waals surface area contributed by atoms with Crippen LogP contribution in [0.2, 0.25) is 0 Å². The lowest BCUT2D eigenvalue weighted by Crippen LogP contribution is -2.41. The predicted octanol–water partition coefficient (Wildman–Crippen LogP) is 1.77. The van der Waals surface area contributed by atoms with Crippen LogP contribution in [-0.2, 0) is 16.1 Å². The van der Waals surface area contributed by atoms with Crippen molar-refractivity contribution in [1.82, 2.24) is 25.3 Å². The largest absolute Gasteiger partial charge is 0.481 e. The van der Waals surface area contributed by atoms with Crippen LogP contribution in [0, 0.1) is 4.64 Å². The zero-order valence-corrected chi connectivity index (χ0v) is 19.5. The van der Waals surface area contributed by atoms with Crippen molar-refractivity contribution < 1.29 is 24.6 Å². The highest BCUT2D eigenvalue weighted by Crippen LogP contribution is 2.17. The Hall–Kier alpha value is -3.84. The third-order valence-electron chi connectivity index (χ3n) is 4.71. The van der Waals surface area contributed by atoms with E-state index in [2.05, 4.69) is 25.3 Å². The van der Waals surface area contributed by atoms with Gasteiger partial charge in [-0.15, -0.1) is 12.4 Å². The Morgan fingerprint density at radius 1 is 1.21 bits per heavy atom. The summed E-state index contributed by atoms with van der Waals surface area (Å²) in [6, 6.07) is 5.20. The van der Waals surface area contributed by atoms with Crippen molar-refractivity contribution in [1.29, 1.82) is 0 Å². The van der Waals surface area contributed by atoms with Crippen molar-refractivity contribution >= 4 is 65.3 Å². The summed E-state index contributed by atoms with van der Waals surface area (Å²) in [6.07, 6.45) is 1.01. The van der Waals surface area contributed by atoms with Crippen LogP contribution in [0.4, 0.5) is 11.6 Å². The number of rotatable bonds is 9. The highest BCUT2D eigenvalue weighted by molar-refractivity contribution is 7.71. The summed E-state index contributed by atoms with van der Waals surface area (Å²) in [7, 11) is 1.83. The summed E-state index contributed by atoms with van der Waals surface area (Å²) in [5.74, 6) is -2.88. The highest BCUT2D eigenvalue weighted by atomic mass is 35.5. The van der Waals surface area contributed by atoms with E-state index in [-0.39, 0.29) is 41.4 Å². The molecule has 0 saturated heterocycles. The standard InChI is InChI=1S/C20H21N7O5S.ClH/c1-27(9-11-8-22-16-15(23-11)18(33)26-20(21)25-16)12-4-2-10(3-5-12)17(30)24-13(19(31)32)6-7-14(28)29;/h2-5,8,13H,6-7,9H2,1H3,(H,24,30)(H,28,29)(H,31,32)(H3,21,22,25,26,33);1H. The maximum absolute atomic E-state index is 12.4. The number of carboxylic acids is 2. The van der Waals surface area contributed by atoms with Crippen molar-refractivity contribution in [2.24, 2.45) is 0 Å². The van der Waals surface area contributed by atoms with Crippen LogP contribution in [0.5, 0.6) is 0 Å². The second-order valence-corrected chi connectivity index (χ2v) is 7.57. The highest BCUT2D eigenvalue weighted by Gasteiger charge is 2.21. The third-order valence-corrected chi connectivity index (χ3v) is 5.00. The molecule has 0 spiro atoms. The van der Waals surface area contributed by atoms with Gasteiger partial charge in [0.15, 0.2) is 10.3 Å². The fraction of sp³-hybridized carbons (Fsp3) is 0.250. The van der Waals surface area contributed by atoms with Gasteiger partial charge in [-0.3, -0.25) is 9.59 Å². The first-order valence-electron chi connectivity index (χ1n) is 9.72. The number of aromatic nitrogens is 4. The molecule has 0 radical (unpaired) electrons. The number of nitrogens with zero attached hydrogens (tertiary/aromatic N) is 4. The molecule has 14 heteroatoms. The average molecular weight is 508 g/mol. The van der Waals surface area contributed by atoms with Gasteiger partial charge < -0.3 is 31.1 Å². The van der Waals surface area contributed by atoms with Gasteiger partial charge in [-0.2, -0.15) is 0 Å². The molecule has 34 heavy (non-hydrogen) atoms. The first kappa shape index (κ1) is 26.4. The molecule has 3 rings (SSSR count). The average Bonchev–Trinajstić information content (AvgIpc) is 2.76. The second kappa shape index (κ2) is 11.3. The van der Waals surface area contributed by atoms with E-state index < -0.39 is 23.9 Å². The number of nitrogen functional groups attached to an aromatic ring is 1. The number of anilines is 2. The molecule has 0 aliphatic carbocycles. The number of benzene rings is 1. The number of carbonyl (C=O) groups is 3. The molecule has 1 atom stereocenters. The number of halogens is 1. The maximum Gasteiger partial charge on any atom is 0.326 e. The van der Waals surface area contributed by atoms with E-state index in [9.17, 15) is 19.5 Å². The van der Waals surface area contributed by atoms with Gasteiger partial charge in [-0.1, -0.05) is 12.2 Å². The molecular weight excluding hydrogens is 486 g/mol. The van der Waals surface area contributed by atoms with E-state index in [1.54, 1.807) is 30.5 Å². The molecule has 1 aromatic carbocycles. The first-order valence-corrected chi connectivity index (χ1v) is 10.1. The maximum atomic E-state index is 12.4. The summed E-state index contributed by atoms with van der Waals surface area (Å²) >= 11 is 5.19. The molecule has 2 aromatic heterocycles. The number of hydrogen-bond acceptors (Lipinski definition) is 9. The Bertz CT molecular complexity index is 1270. The van der Waals surface area contributed by atoms with Gasteiger partial charge in [0.2, 0.25) is 5.95 Å². The van der Waals surface area contributed by atoms with Crippen LogP contribution >= 0.6 is 24.6 Å². The monoisotopic (exact) mass is 507 g/mol. The van der Waals surface area contributed by atoms with Gasteiger partial charge in [0.1, 0.15) is 11.6 Å². The van der Waals surface area contributed by atoms with Gasteiger partial charge in [-0.05, 0) is 30.7 Å². The molecule has 0 bridgehead atoms. The minimum absolute atomic E-state index is 0. The number of nitrogens with two attached hydrogens (primary N) is 1. The Kier molecular flexibility index (Phi) is 8.81. The van der Waals surface area contributed by atoms with E-state index in [0.29, 0.717) is 23.4 Å². The van der Waals surface area contributed by atoms with E-state index in [0.717, 1.165) is 5.69 Å². The van der Waals surface area contributed by atoms with Crippen LogP contribution in [0.3, 0.4) is 0 Å². The number of aromatic amines is 1. The summed E-state index contributed by atoms with van der Waals surface area (Å²) < 4.78 is 0.247. The van der Waals surface area contributed by atoms with Crippen molar-refractivity contribution in [2.45, 2.75) is 25.4 Å². The van der Waals surface area contributed by atoms with Crippen LogP contribution in [-0.4, -0.2) is 61.1 Å². The molecule has 2 heterocycles. The Labute approximate surface area is 204 Å². The number of hydrogen-bond donors (Lipinski definition) is 5. The zero-order chi connectivity index (χ0) is 24.1. The van der Waals surface area contributed by atoms with Gasteiger partial charge in [-0.25, -0.2) is 19.7 Å². The summed E-state index contributed by atoms with van der Waals surface area (Å²) in [5.41, 5.74) is 8.17. The van der Waals surface area contributed by atoms with E-state index >= 15 is 0 Å². The summed E-state index contributed by atoms with van der Waals surface area (Å²) in [6.45, 7) is 0.393. The van der Waals surface area contributed by atoms with Crippen molar-refractivity contribution in [3.63, 3.8) is 0 Å². The second-order valence-electron chi connectivity index (χ2n) is 7.19. The number of carboxylic acid groups (broad SMARTS) is 2. The topological polar surface area (TPSA) is 187 Å². The first-order chi connectivity index (χ1) is 15.6. The quantitative estimate of drug-likeness (QED) is 0.265. The van der Waals surface area contributed by atoms with E-state index in [4.69, 9.17) is 23.1 Å². The Morgan fingerprint density at radius 2 is 1.88 bits per heavy atom. The van der Waals surface area contributed by atoms with Crippen LogP contribution in [0.1, 0.15) is 28.9 Å². The smallest absolute Gasteiger partial charge is 0.326 e. The van der Waals surface area contributed by atoms with Crippen molar-refractivity contribution in [2.75, 3.05) is 17.7 Å². The number of amides is 1. The van der Waals surface area contributed by atoms with E-state index in [1.165, 1.54) is 0 Å². The third kappa shape index (κ3) is 6.59. The molecule has 1 unspecified atom stereocenters. The lowest BCUT2D eigenvalue weighted by atomic mass is 10.1. The molecule has 12 nitrogen and oxygen atoms in total. The molecule has 0 saturated carbocycles. The minimum atomic E-state index is -1.30. The van der Waals surface area contributed by atoms with Gasteiger partial charge in [0.05, 0.1) is 18.4 Å². The van der Waals surface area contributed by atoms with Crippen LogP contribution in [0.25, 0.3) is 11.2 Å². The predicted molar refractivity (Wildman–Crippen MR) is 128 cm³/mol. The number of aliphatic carboxylic acids is 2. The SMILES string of the molecule is CN(Cc1cnc2[nH]c(N)nc(=S)c2n1)c1ccc(C(=O)NC(CCC(=O)O)C(=O)O)cc1.Cl. The fourth-order valence-electron chi connectivity index (χ4n) is 3.02. The molecule has 0 fully saturated rings. The molecule has 180 valence electrons. The van der Waals surface area contributed by atoms with Gasteiger partial charge in [0.25, 0.3) is 5.91 Å². The van der Waals surface area contributed by atoms with Crippen molar-refractivity contribution in [3.8, 4) is 0 Å². The van der Waals surface area contributed by atoms with Crippen LogP contribution in [0.15, 0.2) is 30.5 Å². The Balaban J connectivity index is 0.00000408. The van der Waals surface area contributed by atoms with Crippen molar-refractivity contribution in [3.05, 3.63) is 46.4 Å². The molecule has 6 N–H and O–H groups in total. The molecule has 3 aromatic rings. The Morgan fingerprint density at radius 3 is 2.50 bits per heavy atom. The molecule has 0 aliphatic rings. The van der Waals surface area contributed by atoms with Crippen LogP contribution < -0.4 is 16.0 Å². The summed E-state index contributed by atoms with van der Waals surface area (Å²) in [5, 5.41) is 20.3. The molecular formula is C20H22ClN7O5S. The lowest BCUT2D eigenvalue weighted by molar-refractivity contribution is -0.140. The number of carbonyl (C=O) groups excluding carboxylic acids is 1. The van der Waals surface area contributed by atoms with E-state index in [1.807, 2.05) is 11.9 Å². The number of nitrogens with one attached hydrogen (secondary N) is 2. The number of H-pyrrole nitrogens is 1. The minimum Gasteiger partial charge on any atom is -0.481 e. The van der Waals surface area contributed by atoms with Gasteiger partial charge >= 0.3 is 11.9 Å². The fourth-order valence-corrected chi connectivity index (χ4v) is 3.26. The lowest BCUT2D eigenvalue weighted by Gasteiger charge is -2.19. The normalized spacial score (nSPS) is 11.3. The zero-order valence-electron chi connectivity index (χ0n) is 17.9.